The van der Waals surface area contributed by atoms with Gasteiger partial charge in [-0.1, -0.05) is 0 Å². The van der Waals surface area contributed by atoms with Crippen molar-refractivity contribution in [2.45, 2.75) is 6.92 Å². The Hall–Kier alpha value is -2.18. The second-order valence-electron chi connectivity index (χ2n) is 4.57. The summed E-state index contributed by atoms with van der Waals surface area (Å²) in [5, 5.41) is 14.6. The number of carbonyl (C=O) groups is 1. The molecule has 106 valence electrons. The van der Waals surface area contributed by atoms with Crippen molar-refractivity contribution in [1.29, 1.82) is 0 Å². The van der Waals surface area contributed by atoms with Crippen LogP contribution in [0, 0.1) is 6.92 Å². The van der Waals surface area contributed by atoms with Crippen LogP contribution in [-0.4, -0.2) is 16.0 Å². The van der Waals surface area contributed by atoms with E-state index in [9.17, 15) is 9.90 Å². The third-order valence-electron chi connectivity index (χ3n) is 3.12. The minimum atomic E-state index is -0.654. The Balaban J connectivity index is 2.03. The molecule has 0 fully saturated rings. The Labute approximate surface area is 129 Å². The summed E-state index contributed by atoms with van der Waals surface area (Å²) in [4.78, 5) is 17.1. The van der Waals surface area contributed by atoms with Gasteiger partial charge in [0.15, 0.2) is 0 Å². The third-order valence-corrected chi connectivity index (χ3v) is 5.13. The number of nitrogens with two attached hydrogens (primary N) is 1. The van der Waals surface area contributed by atoms with Gasteiger partial charge in [0.05, 0.1) is 16.1 Å². The smallest absolute Gasteiger partial charge is 0.252 e. The topological polar surface area (TPSA) is 76.2 Å². The van der Waals surface area contributed by atoms with Crippen molar-refractivity contribution in [2.75, 3.05) is 0 Å². The summed E-state index contributed by atoms with van der Waals surface area (Å²) >= 11 is 3.21. The van der Waals surface area contributed by atoms with E-state index in [1.807, 2.05) is 10.8 Å². The van der Waals surface area contributed by atoms with E-state index in [-0.39, 0.29) is 11.3 Å². The fourth-order valence-electron chi connectivity index (χ4n) is 2.00. The molecular formula is C15H12N2O2S2. The third kappa shape index (κ3) is 2.55. The first-order chi connectivity index (χ1) is 10.1. The van der Waals surface area contributed by atoms with Crippen molar-refractivity contribution in [3.63, 3.8) is 0 Å². The van der Waals surface area contributed by atoms with Crippen molar-refractivity contribution in [2.24, 2.45) is 5.73 Å². The number of nitrogens with zero attached hydrogens (tertiary/aromatic N) is 1. The molecule has 1 amide bonds. The first-order valence-corrected chi connectivity index (χ1v) is 7.95. The molecule has 4 nitrogen and oxygen atoms in total. The van der Waals surface area contributed by atoms with Crippen LogP contribution in [0.15, 0.2) is 35.0 Å². The second kappa shape index (κ2) is 5.31. The van der Waals surface area contributed by atoms with Gasteiger partial charge in [0.25, 0.3) is 5.91 Å². The number of phenols is 1. The highest BCUT2D eigenvalue weighted by Crippen LogP contribution is 2.34. The van der Waals surface area contributed by atoms with Gasteiger partial charge in [0, 0.05) is 10.9 Å². The predicted octanol–water partition coefficient (Wildman–Crippen LogP) is 3.65. The molecule has 0 unspecified atom stereocenters. The number of rotatable bonds is 3. The molecule has 0 spiro atoms. The monoisotopic (exact) mass is 316 g/mol. The summed E-state index contributed by atoms with van der Waals surface area (Å²) < 4.78 is 0. The molecule has 1 aromatic carbocycles. The number of thiazole rings is 1. The quantitative estimate of drug-likeness (QED) is 0.774. The van der Waals surface area contributed by atoms with E-state index >= 15 is 0 Å². The number of carbonyl (C=O) groups excluding carboxylic acids is 1. The van der Waals surface area contributed by atoms with Crippen LogP contribution in [0.25, 0.3) is 21.1 Å². The Bertz CT molecular complexity index is 821. The van der Waals surface area contributed by atoms with Crippen LogP contribution >= 0.6 is 22.7 Å². The maximum Gasteiger partial charge on any atom is 0.252 e. The maximum absolute atomic E-state index is 11.3. The molecule has 3 rings (SSSR count). The van der Waals surface area contributed by atoms with Gasteiger partial charge in [-0.2, -0.15) is 0 Å². The summed E-state index contributed by atoms with van der Waals surface area (Å²) in [6.07, 6.45) is 0. The molecule has 0 saturated carbocycles. The van der Waals surface area contributed by atoms with E-state index in [0.29, 0.717) is 0 Å². The van der Waals surface area contributed by atoms with Crippen LogP contribution in [-0.2, 0) is 0 Å². The minimum Gasteiger partial charge on any atom is -0.507 e. The molecule has 0 aliphatic carbocycles. The molecular weight excluding hydrogens is 304 g/mol. The summed E-state index contributed by atoms with van der Waals surface area (Å²) in [7, 11) is 0. The molecule has 0 saturated heterocycles. The molecule has 3 N–H and O–H groups in total. The second-order valence-corrected chi connectivity index (χ2v) is 6.34. The Morgan fingerprint density at radius 2 is 2.10 bits per heavy atom. The van der Waals surface area contributed by atoms with Gasteiger partial charge in [-0.05, 0) is 42.1 Å². The van der Waals surface area contributed by atoms with Gasteiger partial charge in [0.2, 0.25) is 0 Å². The van der Waals surface area contributed by atoms with Crippen LogP contribution in [0.4, 0.5) is 0 Å². The number of benzene rings is 1. The summed E-state index contributed by atoms with van der Waals surface area (Å²) in [5.41, 5.74) is 8.08. The largest absolute Gasteiger partial charge is 0.507 e. The fourth-order valence-corrected chi connectivity index (χ4v) is 3.92. The number of hydrogen-bond acceptors (Lipinski definition) is 5. The molecule has 0 bridgehead atoms. The number of aromatic hydroxyl groups is 1. The van der Waals surface area contributed by atoms with Gasteiger partial charge < -0.3 is 10.8 Å². The average Bonchev–Trinajstić information content (AvgIpc) is 3.07. The van der Waals surface area contributed by atoms with Crippen molar-refractivity contribution in [3.8, 4) is 26.9 Å². The average molecular weight is 316 g/mol. The van der Waals surface area contributed by atoms with Gasteiger partial charge >= 0.3 is 0 Å². The lowest BCUT2D eigenvalue weighted by atomic mass is 10.1. The van der Waals surface area contributed by atoms with Crippen LogP contribution in [0.1, 0.15) is 15.9 Å². The summed E-state index contributed by atoms with van der Waals surface area (Å²) in [5.74, 6) is -0.769. The number of aromatic nitrogens is 1. The van der Waals surface area contributed by atoms with Crippen molar-refractivity contribution >= 4 is 28.6 Å². The number of hydrogen-bond donors (Lipinski definition) is 2. The highest BCUT2D eigenvalue weighted by atomic mass is 32.1. The highest BCUT2D eigenvalue weighted by Gasteiger charge is 2.13. The van der Waals surface area contributed by atoms with E-state index in [2.05, 4.69) is 18.0 Å². The molecule has 3 aromatic rings. The van der Waals surface area contributed by atoms with Crippen LogP contribution in [0.3, 0.4) is 0 Å². The zero-order chi connectivity index (χ0) is 15.0. The molecule has 21 heavy (non-hydrogen) atoms. The SMILES string of the molecule is Cc1ccsc1-c1nc(-c2ccc(O)c(C(N)=O)c2)cs1. The van der Waals surface area contributed by atoms with E-state index in [0.717, 1.165) is 21.1 Å². The fraction of sp³-hybridized carbons (Fsp3) is 0.0667. The van der Waals surface area contributed by atoms with E-state index in [1.165, 1.54) is 11.6 Å². The van der Waals surface area contributed by atoms with Gasteiger partial charge in [0.1, 0.15) is 10.8 Å². The lowest BCUT2D eigenvalue weighted by Crippen LogP contribution is -2.11. The Kier molecular flexibility index (Phi) is 3.48. The lowest BCUT2D eigenvalue weighted by molar-refractivity contribution is 0.0998. The molecule has 0 radical (unpaired) electrons. The number of aryl methyl sites for hydroxylation is 1. The minimum absolute atomic E-state index is 0.106. The van der Waals surface area contributed by atoms with E-state index < -0.39 is 5.91 Å². The normalized spacial score (nSPS) is 10.7. The molecule has 0 atom stereocenters. The van der Waals surface area contributed by atoms with Gasteiger partial charge in [-0.15, -0.1) is 22.7 Å². The summed E-state index contributed by atoms with van der Waals surface area (Å²) in [6.45, 7) is 2.05. The van der Waals surface area contributed by atoms with Crippen LogP contribution in [0.5, 0.6) is 5.75 Å². The number of amides is 1. The first-order valence-electron chi connectivity index (χ1n) is 6.19. The van der Waals surface area contributed by atoms with Gasteiger partial charge in [-0.25, -0.2) is 4.98 Å². The van der Waals surface area contributed by atoms with E-state index in [1.54, 1.807) is 34.8 Å². The zero-order valence-corrected chi connectivity index (χ0v) is 12.8. The van der Waals surface area contributed by atoms with Crippen molar-refractivity contribution < 1.29 is 9.90 Å². The standard InChI is InChI=1S/C15H12N2O2S2/c1-8-4-5-20-13(8)15-17-11(7-21-15)9-2-3-12(18)10(6-9)14(16)19/h2-7,18H,1H3,(H2,16,19). The predicted molar refractivity (Wildman–Crippen MR) is 85.8 cm³/mol. The number of primary amides is 1. The molecule has 0 aliphatic rings. The van der Waals surface area contributed by atoms with Crippen LogP contribution < -0.4 is 5.73 Å². The van der Waals surface area contributed by atoms with E-state index in [4.69, 9.17) is 5.73 Å². The highest BCUT2D eigenvalue weighted by molar-refractivity contribution is 7.20. The number of thiophene rings is 1. The molecule has 2 aromatic heterocycles. The van der Waals surface area contributed by atoms with Crippen LogP contribution in [0.2, 0.25) is 0 Å². The first kappa shape index (κ1) is 13.8. The van der Waals surface area contributed by atoms with Gasteiger partial charge in [-0.3, -0.25) is 4.79 Å². The zero-order valence-electron chi connectivity index (χ0n) is 11.2. The maximum atomic E-state index is 11.3. The van der Waals surface area contributed by atoms with Crippen molar-refractivity contribution in [3.05, 3.63) is 46.2 Å². The molecule has 2 heterocycles. The lowest BCUT2D eigenvalue weighted by Gasteiger charge is -2.02. The van der Waals surface area contributed by atoms with Crippen molar-refractivity contribution in [1.82, 2.24) is 4.98 Å². The Morgan fingerprint density at radius 3 is 2.76 bits per heavy atom. The molecule has 6 heteroatoms. The Morgan fingerprint density at radius 1 is 1.29 bits per heavy atom. The summed E-state index contributed by atoms with van der Waals surface area (Å²) in [6, 6.07) is 6.82. The molecule has 0 aliphatic heterocycles.